The Morgan fingerprint density at radius 2 is 1.74 bits per heavy atom. The van der Waals surface area contributed by atoms with E-state index in [1.54, 1.807) is 31.2 Å². The minimum Gasteiger partial charge on any atom is -0.324 e. The van der Waals surface area contributed by atoms with Crippen LogP contribution in [0.3, 0.4) is 0 Å². The van der Waals surface area contributed by atoms with E-state index in [-0.39, 0.29) is 17.3 Å². The van der Waals surface area contributed by atoms with Crippen LogP contribution in [0.5, 0.6) is 0 Å². The van der Waals surface area contributed by atoms with Crippen molar-refractivity contribution in [3.05, 3.63) is 75.6 Å². The lowest BCUT2D eigenvalue weighted by Gasteiger charge is -2.18. The van der Waals surface area contributed by atoms with Crippen molar-refractivity contribution in [2.24, 2.45) is 0 Å². The number of carbonyl (C=O) groups excluding carboxylic acids is 1. The maximum atomic E-state index is 13.1. The summed E-state index contributed by atoms with van der Waals surface area (Å²) >= 11 is 0. The molecule has 3 aromatic rings. The molecule has 1 N–H and O–H groups in total. The first kappa shape index (κ1) is 23.8. The number of aromatic nitrogens is 2. The van der Waals surface area contributed by atoms with Crippen LogP contribution in [-0.2, 0) is 21.4 Å². The summed E-state index contributed by atoms with van der Waals surface area (Å²) in [6.45, 7) is 6.42. The van der Waals surface area contributed by atoms with Gasteiger partial charge in [0.1, 0.15) is 6.54 Å². The summed E-state index contributed by atoms with van der Waals surface area (Å²) in [7, 11) is -3.61. The number of rotatable bonds is 6. The van der Waals surface area contributed by atoms with E-state index in [9.17, 15) is 18.0 Å². The zero-order valence-electron chi connectivity index (χ0n) is 19.5. The van der Waals surface area contributed by atoms with Crippen molar-refractivity contribution in [3.63, 3.8) is 0 Å². The standard InChI is InChI=1S/C25H28N4O4S/c1-17-7-6-8-21(19(17)3)26-24(30)16-29-25(31)12-11-22(27-29)20-10-9-18(2)23(15-20)34(32,33)28-13-4-5-14-28/h6-12,15H,4-5,13-14,16H2,1-3H3,(H,26,30). The lowest BCUT2D eigenvalue weighted by Crippen LogP contribution is -2.29. The predicted molar refractivity (Wildman–Crippen MR) is 131 cm³/mol. The lowest BCUT2D eigenvalue weighted by atomic mass is 10.1. The topological polar surface area (TPSA) is 101 Å². The van der Waals surface area contributed by atoms with Gasteiger partial charge in [-0.3, -0.25) is 9.59 Å². The molecular weight excluding hydrogens is 452 g/mol. The van der Waals surface area contributed by atoms with Crippen LogP contribution >= 0.6 is 0 Å². The Bertz CT molecular complexity index is 1410. The van der Waals surface area contributed by atoms with Crippen molar-refractivity contribution in [2.45, 2.75) is 45.1 Å². The number of amides is 1. The summed E-state index contributed by atoms with van der Waals surface area (Å²) in [5, 5.41) is 7.18. The van der Waals surface area contributed by atoms with Crippen LogP contribution < -0.4 is 10.9 Å². The van der Waals surface area contributed by atoms with Crippen molar-refractivity contribution in [2.75, 3.05) is 18.4 Å². The monoisotopic (exact) mass is 480 g/mol. The van der Waals surface area contributed by atoms with Crippen LogP contribution in [0.2, 0.25) is 0 Å². The second-order valence-corrected chi connectivity index (χ2v) is 10.5. The first-order valence-corrected chi connectivity index (χ1v) is 12.7. The van der Waals surface area contributed by atoms with Crippen molar-refractivity contribution < 1.29 is 13.2 Å². The van der Waals surface area contributed by atoms with E-state index in [4.69, 9.17) is 0 Å². The Morgan fingerprint density at radius 3 is 2.47 bits per heavy atom. The molecule has 0 atom stereocenters. The first-order chi connectivity index (χ1) is 16.2. The molecule has 2 heterocycles. The fourth-order valence-corrected chi connectivity index (χ4v) is 5.80. The Hall–Kier alpha value is -3.30. The third-order valence-electron chi connectivity index (χ3n) is 6.21. The molecular formula is C25H28N4O4S. The van der Waals surface area contributed by atoms with Crippen molar-refractivity contribution in [1.29, 1.82) is 0 Å². The third-order valence-corrected chi connectivity index (χ3v) is 8.25. The molecule has 0 saturated carbocycles. The Labute approximate surface area is 199 Å². The highest BCUT2D eigenvalue weighted by atomic mass is 32.2. The van der Waals surface area contributed by atoms with Crippen LogP contribution in [0.25, 0.3) is 11.3 Å². The minimum absolute atomic E-state index is 0.235. The van der Waals surface area contributed by atoms with Crippen molar-refractivity contribution in [1.82, 2.24) is 14.1 Å². The van der Waals surface area contributed by atoms with Gasteiger partial charge in [0.05, 0.1) is 10.6 Å². The van der Waals surface area contributed by atoms with Crippen molar-refractivity contribution >= 4 is 21.6 Å². The number of aryl methyl sites for hydroxylation is 2. The zero-order valence-corrected chi connectivity index (χ0v) is 20.4. The molecule has 0 bridgehead atoms. The van der Waals surface area contributed by atoms with Gasteiger partial charge in [0.2, 0.25) is 15.9 Å². The van der Waals surface area contributed by atoms with E-state index in [2.05, 4.69) is 10.4 Å². The smallest absolute Gasteiger partial charge is 0.267 e. The average Bonchev–Trinajstić information content (AvgIpc) is 3.35. The SMILES string of the molecule is Cc1ccc(-c2ccc(=O)n(CC(=O)Nc3cccc(C)c3C)n2)cc1S(=O)(=O)N1CCCC1. The highest BCUT2D eigenvalue weighted by Gasteiger charge is 2.28. The van der Waals surface area contributed by atoms with Gasteiger partial charge >= 0.3 is 0 Å². The summed E-state index contributed by atoms with van der Waals surface area (Å²) in [4.78, 5) is 25.2. The fraction of sp³-hybridized carbons (Fsp3) is 0.320. The van der Waals surface area contributed by atoms with Crippen LogP contribution in [-0.4, -0.2) is 41.5 Å². The first-order valence-electron chi connectivity index (χ1n) is 11.2. The minimum atomic E-state index is -3.61. The summed E-state index contributed by atoms with van der Waals surface area (Å²) in [6, 6.07) is 13.6. The van der Waals surface area contributed by atoms with Gasteiger partial charge in [-0.1, -0.05) is 24.3 Å². The Balaban J connectivity index is 1.61. The Morgan fingerprint density at radius 1 is 1.00 bits per heavy atom. The van der Waals surface area contributed by atoms with Gasteiger partial charge < -0.3 is 5.32 Å². The largest absolute Gasteiger partial charge is 0.324 e. The molecule has 8 nitrogen and oxygen atoms in total. The predicted octanol–water partition coefficient (Wildman–Crippen LogP) is 3.26. The maximum absolute atomic E-state index is 13.1. The molecule has 0 aliphatic carbocycles. The van der Waals surface area contributed by atoms with E-state index in [1.807, 2.05) is 32.0 Å². The second-order valence-electron chi connectivity index (χ2n) is 8.60. The lowest BCUT2D eigenvalue weighted by molar-refractivity contribution is -0.117. The molecule has 1 fully saturated rings. The normalized spacial score (nSPS) is 14.3. The number of hydrogen-bond acceptors (Lipinski definition) is 5. The van der Waals surface area contributed by atoms with Gasteiger partial charge in [0, 0.05) is 30.4 Å². The summed E-state index contributed by atoms with van der Waals surface area (Å²) in [6.07, 6.45) is 1.71. The molecule has 9 heteroatoms. The molecule has 1 amide bonds. The van der Waals surface area contributed by atoms with Gasteiger partial charge in [0.15, 0.2) is 0 Å². The molecule has 4 rings (SSSR count). The van der Waals surface area contributed by atoms with Gasteiger partial charge in [-0.15, -0.1) is 0 Å². The molecule has 0 radical (unpaired) electrons. The molecule has 1 aliphatic heterocycles. The van der Waals surface area contributed by atoms with Gasteiger partial charge in [-0.25, -0.2) is 13.1 Å². The molecule has 34 heavy (non-hydrogen) atoms. The number of nitrogens with zero attached hydrogens (tertiary/aromatic N) is 3. The van der Waals surface area contributed by atoms with Crippen LogP contribution in [0.15, 0.2) is 58.2 Å². The highest BCUT2D eigenvalue weighted by Crippen LogP contribution is 2.28. The third kappa shape index (κ3) is 4.80. The molecule has 0 unspecified atom stereocenters. The van der Waals surface area contributed by atoms with Crippen LogP contribution in [0.4, 0.5) is 5.69 Å². The van der Waals surface area contributed by atoms with Gasteiger partial charge in [-0.05, 0) is 68.5 Å². The molecule has 1 aromatic heterocycles. The number of carbonyl (C=O) groups is 1. The fourth-order valence-electron chi connectivity index (χ4n) is 4.03. The van der Waals surface area contributed by atoms with Gasteiger partial charge in [-0.2, -0.15) is 9.40 Å². The zero-order chi connectivity index (χ0) is 24.5. The number of nitrogens with one attached hydrogen (secondary N) is 1. The van der Waals surface area contributed by atoms with E-state index >= 15 is 0 Å². The average molecular weight is 481 g/mol. The van der Waals surface area contributed by atoms with Gasteiger partial charge in [0.25, 0.3) is 5.56 Å². The van der Waals surface area contributed by atoms with Crippen LogP contribution in [0.1, 0.15) is 29.5 Å². The van der Waals surface area contributed by atoms with E-state index in [0.717, 1.165) is 28.7 Å². The van der Waals surface area contributed by atoms with E-state index < -0.39 is 15.6 Å². The molecule has 2 aromatic carbocycles. The van der Waals surface area contributed by atoms with Crippen molar-refractivity contribution in [3.8, 4) is 11.3 Å². The Kier molecular flexibility index (Phi) is 6.67. The number of benzene rings is 2. The summed E-state index contributed by atoms with van der Waals surface area (Å²) in [5.41, 5.74) is 3.90. The van der Waals surface area contributed by atoms with E-state index in [1.165, 1.54) is 10.4 Å². The second kappa shape index (κ2) is 9.52. The molecule has 178 valence electrons. The summed E-state index contributed by atoms with van der Waals surface area (Å²) < 4.78 is 28.8. The number of sulfonamides is 1. The molecule has 1 saturated heterocycles. The quantitative estimate of drug-likeness (QED) is 0.584. The van der Waals surface area contributed by atoms with E-state index in [0.29, 0.717) is 35.6 Å². The molecule has 0 spiro atoms. The van der Waals surface area contributed by atoms with Crippen LogP contribution in [0, 0.1) is 20.8 Å². The number of hydrogen-bond donors (Lipinski definition) is 1. The highest BCUT2D eigenvalue weighted by molar-refractivity contribution is 7.89. The maximum Gasteiger partial charge on any atom is 0.267 e. The number of anilines is 1. The summed E-state index contributed by atoms with van der Waals surface area (Å²) in [5.74, 6) is -0.373. The molecule has 1 aliphatic rings.